The van der Waals surface area contributed by atoms with Crippen LogP contribution in [0, 0.1) is 5.82 Å². The van der Waals surface area contributed by atoms with Crippen LogP contribution in [-0.2, 0) is 4.79 Å². The molecular weight excluding hydrogens is 299 g/mol. The summed E-state index contributed by atoms with van der Waals surface area (Å²) in [7, 11) is 0. The average Bonchev–Trinajstić information content (AvgIpc) is 2.81. The summed E-state index contributed by atoms with van der Waals surface area (Å²) in [5, 5.41) is 2.56. The number of hydrogen-bond donors (Lipinski definition) is 1. The van der Waals surface area contributed by atoms with Crippen LogP contribution in [0.5, 0.6) is 0 Å². The molecule has 1 aliphatic heterocycles. The molecule has 1 unspecified atom stereocenters. The Morgan fingerprint density at radius 2 is 1.52 bits per heavy atom. The lowest BCUT2D eigenvalue weighted by Crippen LogP contribution is -2.45. The van der Waals surface area contributed by atoms with E-state index in [4.69, 9.17) is 0 Å². The second-order valence-electron chi connectivity index (χ2n) is 5.20. The van der Waals surface area contributed by atoms with Gasteiger partial charge in [0.15, 0.2) is 0 Å². The minimum absolute atomic E-state index is 0.291. The SMILES string of the molecule is CC(C(=O)Nc1ccc(F)cc1)N1C(=O)c2ccccc2C1=O. The summed E-state index contributed by atoms with van der Waals surface area (Å²) >= 11 is 0. The van der Waals surface area contributed by atoms with Gasteiger partial charge in [-0.25, -0.2) is 4.39 Å². The van der Waals surface area contributed by atoms with Crippen LogP contribution in [-0.4, -0.2) is 28.7 Å². The lowest BCUT2D eigenvalue weighted by molar-refractivity contribution is -0.119. The molecule has 0 saturated heterocycles. The van der Waals surface area contributed by atoms with Crippen LogP contribution in [0.25, 0.3) is 0 Å². The molecule has 2 aromatic rings. The molecular formula is C17H13FN2O3. The molecule has 1 heterocycles. The van der Waals surface area contributed by atoms with E-state index in [0.29, 0.717) is 16.8 Å². The third kappa shape index (κ3) is 2.59. The van der Waals surface area contributed by atoms with Gasteiger partial charge in [-0.3, -0.25) is 19.3 Å². The molecule has 116 valence electrons. The highest BCUT2D eigenvalue weighted by Crippen LogP contribution is 2.24. The Morgan fingerprint density at radius 3 is 2.04 bits per heavy atom. The predicted molar refractivity (Wildman–Crippen MR) is 81.4 cm³/mol. The number of hydrogen-bond acceptors (Lipinski definition) is 3. The van der Waals surface area contributed by atoms with E-state index in [2.05, 4.69) is 5.32 Å². The highest BCUT2D eigenvalue weighted by Gasteiger charge is 2.40. The summed E-state index contributed by atoms with van der Waals surface area (Å²) in [6.45, 7) is 1.47. The zero-order chi connectivity index (χ0) is 16.6. The molecule has 0 radical (unpaired) electrons. The number of imide groups is 1. The largest absolute Gasteiger partial charge is 0.324 e. The van der Waals surface area contributed by atoms with Gasteiger partial charge in [0, 0.05) is 5.69 Å². The van der Waals surface area contributed by atoms with Gasteiger partial charge in [-0.1, -0.05) is 12.1 Å². The van der Waals surface area contributed by atoms with Crippen LogP contribution in [0.4, 0.5) is 10.1 Å². The van der Waals surface area contributed by atoms with Crippen molar-refractivity contribution in [2.75, 3.05) is 5.32 Å². The second kappa shape index (κ2) is 5.64. The molecule has 1 N–H and O–H groups in total. The molecule has 0 bridgehead atoms. The number of carbonyl (C=O) groups excluding carboxylic acids is 3. The van der Waals surface area contributed by atoms with Crippen LogP contribution >= 0.6 is 0 Å². The number of rotatable bonds is 3. The van der Waals surface area contributed by atoms with Crippen LogP contribution in [0.1, 0.15) is 27.6 Å². The molecule has 0 saturated carbocycles. The van der Waals surface area contributed by atoms with E-state index in [1.807, 2.05) is 0 Å². The maximum atomic E-state index is 12.9. The summed E-state index contributed by atoms with van der Waals surface area (Å²) in [5.41, 5.74) is 0.970. The molecule has 2 aromatic carbocycles. The van der Waals surface area contributed by atoms with Crippen molar-refractivity contribution < 1.29 is 18.8 Å². The van der Waals surface area contributed by atoms with Gasteiger partial charge in [-0.2, -0.15) is 0 Å². The number of halogens is 1. The smallest absolute Gasteiger partial charge is 0.262 e. The Labute approximate surface area is 131 Å². The first-order valence-electron chi connectivity index (χ1n) is 7.02. The molecule has 1 aliphatic rings. The molecule has 3 rings (SSSR count). The number of carbonyl (C=O) groups is 3. The minimum atomic E-state index is -0.979. The molecule has 6 heteroatoms. The van der Waals surface area contributed by atoms with Crippen molar-refractivity contribution in [1.82, 2.24) is 4.90 Å². The third-order valence-corrected chi connectivity index (χ3v) is 3.70. The first-order valence-corrected chi connectivity index (χ1v) is 7.02. The lowest BCUT2D eigenvalue weighted by atomic mass is 10.1. The fraction of sp³-hybridized carbons (Fsp3) is 0.118. The number of nitrogens with zero attached hydrogens (tertiary/aromatic N) is 1. The standard InChI is InChI=1S/C17H13FN2O3/c1-10(15(21)19-12-8-6-11(18)7-9-12)20-16(22)13-4-2-3-5-14(13)17(20)23/h2-10H,1H3,(H,19,21). The highest BCUT2D eigenvalue weighted by molar-refractivity contribution is 6.23. The van der Waals surface area contributed by atoms with Gasteiger partial charge in [-0.05, 0) is 43.3 Å². The summed E-state index contributed by atoms with van der Waals surface area (Å²) in [4.78, 5) is 37.9. The molecule has 5 nitrogen and oxygen atoms in total. The maximum absolute atomic E-state index is 12.9. The van der Waals surface area contributed by atoms with Gasteiger partial charge in [0.05, 0.1) is 11.1 Å². The first kappa shape index (κ1) is 14.9. The zero-order valence-electron chi connectivity index (χ0n) is 12.2. The van der Waals surface area contributed by atoms with Crippen molar-refractivity contribution in [3.63, 3.8) is 0 Å². The molecule has 0 aliphatic carbocycles. The lowest BCUT2D eigenvalue weighted by Gasteiger charge is -2.21. The van der Waals surface area contributed by atoms with Gasteiger partial charge in [0.2, 0.25) is 5.91 Å². The molecule has 1 atom stereocenters. The number of benzene rings is 2. The quantitative estimate of drug-likeness (QED) is 0.885. The zero-order valence-corrected chi connectivity index (χ0v) is 12.2. The van der Waals surface area contributed by atoms with Gasteiger partial charge in [0.1, 0.15) is 11.9 Å². The van der Waals surface area contributed by atoms with Gasteiger partial charge >= 0.3 is 0 Å². The monoisotopic (exact) mass is 312 g/mol. The van der Waals surface area contributed by atoms with E-state index >= 15 is 0 Å². The summed E-state index contributed by atoms with van der Waals surface area (Å²) in [6, 6.07) is 10.7. The second-order valence-corrected chi connectivity index (χ2v) is 5.20. The van der Waals surface area contributed by atoms with Gasteiger partial charge < -0.3 is 5.32 Å². The van der Waals surface area contributed by atoms with Gasteiger partial charge in [0.25, 0.3) is 11.8 Å². The Kier molecular flexibility index (Phi) is 3.65. The van der Waals surface area contributed by atoms with Gasteiger partial charge in [-0.15, -0.1) is 0 Å². The number of anilines is 1. The minimum Gasteiger partial charge on any atom is -0.324 e. The summed E-state index contributed by atoms with van der Waals surface area (Å²) in [5.74, 6) is -1.93. The molecule has 23 heavy (non-hydrogen) atoms. The Hall–Kier alpha value is -3.02. The number of fused-ring (bicyclic) bond motifs is 1. The van der Waals surface area contributed by atoms with Crippen LogP contribution in [0.3, 0.4) is 0 Å². The van der Waals surface area contributed by atoms with E-state index < -0.39 is 29.6 Å². The van der Waals surface area contributed by atoms with E-state index in [9.17, 15) is 18.8 Å². The molecule has 0 spiro atoms. The fourth-order valence-corrected chi connectivity index (χ4v) is 2.46. The average molecular weight is 312 g/mol. The van der Waals surface area contributed by atoms with Crippen molar-refractivity contribution in [2.45, 2.75) is 13.0 Å². The van der Waals surface area contributed by atoms with E-state index in [0.717, 1.165) is 4.90 Å². The van der Waals surface area contributed by atoms with Crippen LogP contribution in [0.2, 0.25) is 0 Å². The van der Waals surface area contributed by atoms with E-state index in [1.165, 1.54) is 31.2 Å². The topological polar surface area (TPSA) is 66.5 Å². The third-order valence-electron chi connectivity index (χ3n) is 3.70. The maximum Gasteiger partial charge on any atom is 0.262 e. The van der Waals surface area contributed by atoms with Crippen molar-refractivity contribution in [2.24, 2.45) is 0 Å². The number of nitrogens with one attached hydrogen (secondary N) is 1. The molecule has 0 aromatic heterocycles. The van der Waals surface area contributed by atoms with Crippen molar-refractivity contribution in [3.8, 4) is 0 Å². The molecule has 3 amide bonds. The van der Waals surface area contributed by atoms with Crippen molar-refractivity contribution >= 4 is 23.4 Å². The summed E-state index contributed by atoms with van der Waals surface area (Å²) < 4.78 is 12.9. The van der Waals surface area contributed by atoms with Crippen LogP contribution in [0.15, 0.2) is 48.5 Å². The molecule has 0 fully saturated rings. The highest BCUT2D eigenvalue weighted by atomic mass is 19.1. The van der Waals surface area contributed by atoms with E-state index in [1.54, 1.807) is 24.3 Å². The Balaban J connectivity index is 1.79. The first-order chi connectivity index (χ1) is 11.0. The van der Waals surface area contributed by atoms with E-state index in [-0.39, 0.29) is 0 Å². The Morgan fingerprint density at radius 1 is 1.00 bits per heavy atom. The fourth-order valence-electron chi connectivity index (χ4n) is 2.46. The van der Waals surface area contributed by atoms with Crippen LogP contribution < -0.4 is 5.32 Å². The predicted octanol–water partition coefficient (Wildman–Crippen LogP) is 2.45. The number of amides is 3. The normalized spacial score (nSPS) is 14.6. The van der Waals surface area contributed by atoms with Crippen molar-refractivity contribution in [1.29, 1.82) is 0 Å². The van der Waals surface area contributed by atoms with Crippen molar-refractivity contribution in [3.05, 3.63) is 65.5 Å². The Bertz CT molecular complexity index is 767. The summed E-state index contributed by atoms with van der Waals surface area (Å²) in [6.07, 6.45) is 0.